The number of unbranched alkanes of at least 4 members (excludes halogenated alkanes) is 2. The molecule has 13 heteroatoms. The molecule has 1 unspecified atom stereocenters. The maximum Gasteiger partial charge on any atom is 0.407 e. The molecule has 47 heavy (non-hydrogen) atoms. The van der Waals surface area contributed by atoms with E-state index >= 15 is 0 Å². The second-order valence-corrected chi connectivity index (χ2v) is 13.3. The van der Waals surface area contributed by atoms with Crippen molar-refractivity contribution >= 4 is 46.4 Å². The number of imide groups is 1. The number of nitrogens with zero attached hydrogens (tertiary/aromatic N) is 2. The van der Waals surface area contributed by atoms with Crippen molar-refractivity contribution in [3.63, 3.8) is 0 Å². The fourth-order valence-electron chi connectivity index (χ4n) is 5.65. The van der Waals surface area contributed by atoms with E-state index in [-0.39, 0.29) is 31.0 Å². The Morgan fingerprint density at radius 2 is 1.83 bits per heavy atom. The van der Waals surface area contributed by atoms with Crippen molar-refractivity contribution in [1.82, 2.24) is 19.8 Å². The summed E-state index contributed by atoms with van der Waals surface area (Å²) in [5, 5.41) is 5.59. The van der Waals surface area contributed by atoms with Crippen LogP contribution in [0.1, 0.15) is 82.9 Å². The molecule has 4 amide bonds. The van der Waals surface area contributed by atoms with Crippen LogP contribution in [0.3, 0.4) is 0 Å². The normalized spacial score (nSPS) is 15.7. The Hall–Kier alpha value is -4.32. The van der Waals surface area contributed by atoms with Crippen molar-refractivity contribution in [2.24, 2.45) is 12.8 Å². The molecule has 0 spiro atoms. The fraction of sp³-hybridized carbons (Fsp3) is 0.500. The first kappa shape index (κ1) is 35.5. The molecule has 0 radical (unpaired) electrons. The minimum atomic E-state index is -0.706. The minimum absolute atomic E-state index is 0.0820. The summed E-state index contributed by atoms with van der Waals surface area (Å²) < 4.78 is 14.3. The van der Waals surface area contributed by atoms with Gasteiger partial charge in [0, 0.05) is 19.9 Å². The first-order chi connectivity index (χ1) is 22.2. The number of piperidine rings is 1. The zero-order valence-electron chi connectivity index (χ0n) is 27.4. The number of hydrogen-bond acceptors (Lipinski definition) is 7. The van der Waals surface area contributed by atoms with E-state index in [1.807, 2.05) is 30.3 Å². The molecule has 0 bridgehead atoms. The number of aromatic nitrogens is 2. The van der Waals surface area contributed by atoms with E-state index in [4.69, 9.17) is 26.8 Å². The Kier molecular flexibility index (Phi) is 11.7. The van der Waals surface area contributed by atoms with Crippen molar-refractivity contribution < 1.29 is 28.7 Å². The van der Waals surface area contributed by atoms with Gasteiger partial charge in [0.05, 0.1) is 22.1 Å². The summed E-state index contributed by atoms with van der Waals surface area (Å²) in [6.07, 6.45) is 4.62. The van der Waals surface area contributed by atoms with Crippen LogP contribution in [0.4, 0.5) is 4.79 Å². The second-order valence-electron chi connectivity index (χ2n) is 13.0. The van der Waals surface area contributed by atoms with Crippen LogP contribution in [0.5, 0.6) is 5.75 Å². The molecule has 4 N–H and O–H groups in total. The molecule has 3 aromatic rings. The van der Waals surface area contributed by atoms with Gasteiger partial charge in [-0.25, -0.2) is 9.59 Å². The molecule has 4 rings (SSSR count). The van der Waals surface area contributed by atoms with Crippen LogP contribution in [0, 0.1) is 0 Å². The van der Waals surface area contributed by atoms with Crippen LogP contribution in [0.25, 0.3) is 11.0 Å². The Morgan fingerprint density at radius 3 is 2.53 bits per heavy atom. The number of fused-ring (bicyclic) bond motifs is 1. The number of aryl methyl sites for hydroxylation is 3. The highest BCUT2D eigenvalue weighted by Gasteiger charge is 2.31. The van der Waals surface area contributed by atoms with Crippen molar-refractivity contribution in [3.05, 3.63) is 63.0 Å². The number of rotatable bonds is 14. The number of carbonyl (C=O) groups excluding carboxylic acids is 4. The van der Waals surface area contributed by atoms with Gasteiger partial charge < -0.3 is 20.5 Å². The summed E-state index contributed by atoms with van der Waals surface area (Å²) in [7, 11) is 1.69. The van der Waals surface area contributed by atoms with E-state index in [1.54, 1.807) is 38.5 Å². The molecule has 0 aliphatic carbocycles. The summed E-state index contributed by atoms with van der Waals surface area (Å²) in [5.74, 6) is -0.753. The molecule has 1 aliphatic heterocycles. The zero-order valence-corrected chi connectivity index (χ0v) is 28.2. The smallest absolute Gasteiger partial charge is 0.407 e. The summed E-state index contributed by atoms with van der Waals surface area (Å²) in [6.45, 7) is 5.38. The lowest BCUT2D eigenvalue weighted by molar-refractivity contribution is -0.135. The molecular weight excluding hydrogens is 626 g/mol. The lowest BCUT2D eigenvalue weighted by Crippen LogP contribution is -2.44. The third kappa shape index (κ3) is 9.60. The van der Waals surface area contributed by atoms with Crippen molar-refractivity contribution in [2.45, 2.75) is 96.2 Å². The number of hydrogen-bond donors (Lipinski definition) is 3. The molecule has 0 saturated carbocycles. The van der Waals surface area contributed by atoms with E-state index < -0.39 is 35.6 Å². The number of alkyl carbamates (subject to hydrolysis) is 1. The molecule has 254 valence electrons. The third-order valence-corrected chi connectivity index (χ3v) is 8.46. The number of nitrogens with two attached hydrogens (primary N) is 1. The Bertz CT molecular complexity index is 1690. The maximum absolute atomic E-state index is 13.0. The standard InChI is InChI=1S/C34H44ClN5O7/c1-34(2,3)47-32(44)37-23(14-17-28(36)41)20-46-27-12-8-11-22(30(27)35)10-7-5-6-9-21-13-15-24-26(19-21)39(4)33(45)40(24)25-16-18-29(42)38-31(25)43/h8,11-13,15,19,23,25H,5-7,9-10,14,16-18,20H2,1-4H3,(H2,36,41)(H,37,44)(H,38,42,43)/t23-,25?/m0/s1. The number of primary amides is 1. The first-order valence-corrected chi connectivity index (χ1v) is 16.3. The number of nitrogens with one attached hydrogen (secondary N) is 2. The van der Waals surface area contributed by atoms with Crippen LogP contribution in [-0.2, 0) is 39.0 Å². The second kappa shape index (κ2) is 15.5. The van der Waals surface area contributed by atoms with Crippen LogP contribution in [0.2, 0.25) is 5.02 Å². The number of halogens is 1. The number of carbonyl (C=O) groups is 4. The molecule has 1 aliphatic rings. The van der Waals surface area contributed by atoms with E-state index in [2.05, 4.69) is 10.6 Å². The Morgan fingerprint density at radius 1 is 1.09 bits per heavy atom. The third-order valence-electron chi connectivity index (χ3n) is 8.03. The van der Waals surface area contributed by atoms with Gasteiger partial charge in [0.15, 0.2) is 0 Å². The van der Waals surface area contributed by atoms with E-state index in [0.717, 1.165) is 48.7 Å². The van der Waals surface area contributed by atoms with E-state index in [1.165, 1.54) is 4.57 Å². The van der Waals surface area contributed by atoms with Gasteiger partial charge in [-0.15, -0.1) is 0 Å². The van der Waals surface area contributed by atoms with Gasteiger partial charge in [0.25, 0.3) is 0 Å². The maximum atomic E-state index is 13.0. The topological polar surface area (TPSA) is 164 Å². The molecular formula is C34H44ClN5O7. The fourth-order valence-corrected chi connectivity index (χ4v) is 5.93. The van der Waals surface area contributed by atoms with E-state index in [9.17, 15) is 24.0 Å². The predicted octanol–water partition coefficient (Wildman–Crippen LogP) is 4.46. The highest BCUT2D eigenvalue weighted by molar-refractivity contribution is 6.32. The van der Waals surface area contributed by atoms with Gasteiger partial charge in [0.2, 0.25) is 17.7 Å². The minimum Gasteiger partial charge on any atom is -0.490 e. The Balaban J connectivity index is 1.30. The average Bonchev–Trinajstić information content (AvgIpc) is 3.23. The van der Waals surface area contributed by atoms with Gasteiger partial charge in [-0.1, -0.05) is 36.2 Å². The van der Waals surface area contributed by atoms with Crippen molar-refractivity contribution in [1.29, 1.82) is 0 Å². The van der Waals surface area contributed by atoms with Gasteiger partial charge in [-0.2, -0.15) is 0 Å². The van der Waals surface area contributed by atoms with Gasteiger partial charge in [0.1, 0.15) is 24.0 Å². The van der Waals surface area contributed by atoms with Crippen LogP contribution < -0.4 is 26.8 Å². The van der Waals surface area contributed by atoms with Crippen molar-refractivity contribution in [3.8, 4) is 5.75 Å². The summed E-state index contributed by atoms with van der Waals surface area (Å²) in [4.78, 5) is 60.7. The number of imidazole rings is 1. The van der Waals surface area contributed by atoms with E-state index in [0.29, 0.717) is 29.1 Å². The molecule has 2 heterocycles. The summed E-state index contributed by atoms with van der Waals surface area (Å²) in [5.41, 5.74) is 7.82. The first-order valence-electron chi connectivity index (χ1n) is 15.9. The zero-order chi connectivity index (χ0) is 34.3. The lowest BCUT2D eigenvalue weighted by atomic mass is 10.0. The summed E-state index contributed by atoms with van der Waals surface area (Å²) in [6, 6.07) is 10.2. The number of amides is 4. The largest absolute Gasteiger partial charge is 0.490 e. The average molecular weight is 670 g/mol. The highest BCUT2D eigenvalue weighted by atomic mass is 35.5. The van der Waals surface area contributed by atoms with Crippen LogP contribution in [0.15, 0.2) is 41.2 Å². The van der Waals surface area contributed by atoms with Crippen molar-refractivity contribution in [2.75, 3.05) is 6.61 Å². The molecule has 12 nitrogen and oxygen atoms in total. The van der Waals surface area contributed by atoms with Gasteiger partial charge in [-0.3, -0.25) is 28.8 Å². The summed E-state index contributed by atoms with van der Waals surface area (Å²) >= 11 is 6.70. The Labute approximate surface area is 278 Å². The molecule has 2 aromatic carbocycles. The highest BCUT2D eigenvalue weighted by Crippen LogP contribution is 2.30. The molecule has 2 atom stereocenters. The molecule has 1 aromatic heterocycles. The lowest BCUT2D eigenvalue weighted by Gasteiger charge is -2.24. The number of ether oxygens (including phenoxy) is 2. The quantitative estimate of drug-likeness (QED) is 0.168. The molecule has 1 saturated heterocycles. The van der Waals surface area contributed by atoms with Gasteiger partial charge >= 0.3 is 11.8 Å². The molecule has 1 fully saturated rings. The monoisotopic (exact) mass is 669 g/mol. The van der Waals surface area contributed by atoms with Crippen LogP contribution in [-0.4, -0.2) is 51.2 Å². The predicted molar refractivity (Wildman–Crippen MR) is 178 cm³/mol. The number of benzene rings is 2. The van der Waals surface area contributed by atoms with Gasteiger partial charge in [-0.05, 0) is 88.6 Å². The SMILES string of the molecule is Cn1c(=O)n(C2CCC(=O)NC2=O)c2ccc(CCCCCc3cccc(OC[C@H](CCC(N)=O)NC(=O)OC(C)(C)C)c3Cl)cc21. The van der Waals surface area contributed by atoms with Crippen LogP contribution >= 0.6 is 11.6 Å².